The lowest BCUT2D eigenvalue weighted by Crippen LogP contribution is -2.48. The van der Waals surface area contributed by atoms with Crippen LogP contribution in [0.2, 0.25) is 0 Å². The Labute approximate surface area is 866 Å². The Kier molecular flexibility index (Phi) is 41.1. The number of likely N-dealkylation sites (tertiary alicyclic amines) is 2. The highest BCUT2D eigenvalue weighted by atomic mass is 32.2. The average Bonchev–Trinajstić information content (AvgIpc) is 1.61. The van der Waals surface area contributed by atoms with E-state index >= 15 is 0 Å². The number of sulfonamides is 1. The van der Waals surface area contributed by atoms with Crippen molar-refractivity contribution in [2.24, 2.45) is 4.99 Å². The minimum absolute atomic E-state index is 0.166. The number of nitrogens with zero attached hydrogens (tertiary/aromatic N) is 17. The number of carbonyl (C=O) groups is 1. The van der Waals surface area contributed by atoms with Crippen molar-refractivity contribution in [3.63, 3.8) is 0 Å². The molecule has 0 spiro atoms. The maximum Gasteiger partial charge on any atom is 0.339 e. The van der Waals surface area contributed by atoms with E-state index < -0.39 is 16.0 Å². The van der Waals surface area contributed by atoms with Crippen molar-refractivity contribution < 1.29 is 65.3 Å². The van der Waals surface area contributed by atoms with Gasteiger partial charge < -0.3 is 107 Å². The van der Waals surface area contributed by atoms with E-state index in [4.69, 9.17) is 57.5 Å². The second kappa shape index (κ2) is 56.5. The highest BCUT2D eigenvalue weighted by Gasteiger charge is 2.26. The molecule has 149 heavy (non-hydrogen) atoms. The Balaban J connectivity index is 0.000000133. The fraction of sp³-hybridized carbons (Fsp3) is 0.407. The van der Waals surface area contributed by atoms with Crippen molar-refractivity contribution in [3.8, 4) is 57.6 Å². The molecule has 4 aliphatic heterocycles. The van der Waals surface area contributed by atoms with Crippen molar-refractivity contribution >= 4 is 116 Å². The fourth-order valence-corrected chi connectivity index (χ4v) is 18.2. The molecule has 4 aliphatic rings. The van der Waals surface area contributed by atoms with E-state index in [0.29, 0.717) is 109 Å². The summed E-state index contributed by atoms with van der Waals surface area (Å²) in [5.74, 6) is 6.56. The number of benzene rings is 1. The number of hydrogen-bond acceptors (Lipinski definition) is 30. The van der Waals surface area contributed by atoms with Gasteiger partial charge in [0.2, 0.25) is 21.8 Å². The molecular weight excluding hydrogens is 1920 g/mol. The van der Waals surface area contributed by atoms with Crippen molar-refractivity contribution in [1.82, 2.24) is 118 Å². The zero-order chi connectivity index (χ0) is 104. The summed E-state index contributed by atoms with van der Waals surface area (Å²) < 4.78 is 87.3. The third kappa shape index (κ3) is 32.4. The summed E-state index contributed by atoms with van der Waals surface area (Å²) in [6, 6.07) is 31.3. The van der Waals surface area contributed by atoms with Gasteiger partial charge in [0.25, 0.3) is 0 Å². The van der Waals surface area contributed by atoms with E-state index in [1.54, 1.807) is 82.8 Å². The number of nitrogens with one attached hydrogen (secondary N) is 9. The minimum Gasteiger partial charge on any atom is -0.493 e. The van der Waals surface area contributed by atoms with E-state index in [2.05, 4.69) is 147 Å². The molecule has 0 amide bonds. The molecule has 16 aromatic heterocycles. The highest BCUT2D eigenvalue weighted by Crippen LogP contribution is 2.37. The van der Waals surface area contributed by atoms with Crippen molar-refractivity contribution in [2.75, 3.05) is 204 Å². The summed E-state index contributed by atoms with van der Waals surface area (Å²) >= 11 is 0. The van der Waals surface area contributed by atoms with Gasteiger partial charge >= 0.3 is 5.97 Å². The molecule has 0 atom stereocenters. The Morgan fingerprint density at radius 1 is 0.436 bits per heavy atom. The smallest absolute Gasteiger partial charge is 0.339 e. The molecule has 17 aromatic rings. The second-order valence-corrected chi connectivity index (χ2v) is 37.7. The number of hydrogen-bond donors (Lipinski definition) is 9. The van der Waals surface area contributed by atoms with Gasteiger partial charge in [0.05, 0.1) is 106 Å². The number of aliphatic imine (C=N–C) groups is 1. The third-order valence-corrected chi connectivity index (χ3v) is 27.1. The van der Waals surface area contributed by atoms with Crippen LogP contribution in [0.3, 0.4) is 0 Å². The summed E-state index contributed by atoms with van der Waals surface area (Å²) in [6.45, 7) is 37.8. The van der Waals surface area contributed by atoms with Gasteiger partial charge in [0.15, 0.2) is 11.5 Å². The third-order valence-electron chi connectivity index (χ3n) is 25.8. The van der Waals surface area contributed by atoms with E-state index in [0.717, 1.165) is 237 Å². The first-order chi connectivity index (χ1) is 72.9. The molecule has 0 saturated carbocycles. The summed E-state index contributed by atoms with van der Waals surface area (Å²) in [5, 5.41) is 15.3. The summed E-state index contributed by atoms with van der Waals surface area (Å²) in [6.07, 6.45) is 38.8. The van der Waals surface area contributed by atoms with Gasteiger partial charge in [-0.15, -0.1) is 0 Å². The molecular formula is C108H138N26O14S. The van der Waals surface area contributed by atoms with Crippen LogP contribution in [0.25, 0.3) is 88.1 Å². The minimum atomic E-state index is -3.12. The number of fused-ring (bicyclic) bond motifs is 8. The van der Waals surface area contributed by atoms with Crippen LogP contribution in [-0.2, 0) is 19.5 Å². The predicted octanol–water partition coefficient (Wildman–Crippen LogP) is 16.2. The maximum absolute atomic E-state index is 12.0. The average molecular weight is 2060 g/mol. The topological polar surface area (TPSA) is 454 Å². The lowest BCUT2D eigenvalue weighted by atomic mass is 10.1. The number of morpholine rings is 1. The van der Waals surface area contributed by atoms with Crippen LogP contribution < -0.4 is 42.6 Å². The van der Waals surface area contributed by atoms with Crippen LogP contribution >= 0.6 is 0 Å². The van der Waals surface area contributed by atoms with E-state index in [-0.39, 0.29) is 5.90 Å². The Morgan fingerprint density at radius 3 is 1.27 bits per heavy atom. The molecule has 41 heteroatoms. The molecule has 0 bridgehead atoms. The van der Waals surface area contributed by atoms with Crippen LogP contribution in [-0.4, -0.2) is 349 Å². The first kappa shape index (κ1) is 109. The van der Waals surface area contributed by atoms with Crippen molar-refractivity contribution in [2.45, 2.75) is 86.5 Å². The second-order valence-electron chi connectivity index (χ2n) is 35.8. The molecule has 0 radical (unpaired) electrons. The van der Waals surface area contributed by atoms with E-state index in [9.17, 15) is 13.2 Å². The van der Waals surface area contributed by atoms with Crippen LogP contribution in [0, 0.1) is 12.3 Å². The molecule has 0 unspecified atom stereocenters. The highest BCUT2D eigenvalue weighted by molar-refractivity contribution is 7.88. The predicted molar refractivity (Wildman–Crippen MR) is 580 cm³/mol. The first-order valence-electron chi connectivity index (χ1n) is 51.2. The van der Waals surface area contributed by atoms with Crippen LogP contribution in [0.5, 0.6) is 57.6 Å². The number of aromatic nitrogens is 17. The number of carbonyl (C=O) groups excluding carboxylic acids is 1. The SMILES string of the molecule is CCN(CC)CCCOc1cnc2[nH]ccc2c1.CCN(CC)CCOc1cnc2[nH]ccc2c1.CCOC(=O)c1c[nH]c(C(=NC=N)Oc2cnc3[nH]ccc3c2)c1C.COc1cc2ncnc(Oc3cnc4[nH]ccc4c3)c2cc1OCCCN1CCN(S(C)(=O)=O)CC1.c1cc2cc(OCCN3CCCC3)cnc2[nH]1.c1cc2cc(OCCN3CCCCC3)cnc2[nH]1.c1cc2cc(OCCN3CCOCC3)cnc2[nH]1. The van der Waals surface area contributed by atoms with Crippen LogP contribution in [0.15, 0.2) is 201 Å². The Morgan fingerprint density at radius 2 is 0.832 bits per heavy atom. The van der Waals surface area contributed by atoms with Gasteiger partial charge in [-0.25, -0.2) is 63.1 Å². The number of piperidine rings is 1. The van der Waals surface area contributed by atoms with E-state index in [1.807, 2.05) is 128 Å². The Hall–Kier alpha value is -14.7. The number of ether oxygens (including phenoxy) is 11. The number of piperazine rings is 1. The Bertz CT molecular complexity index is 6950. The molecule has 4 fully saturated rings. The fourth-order valence-electron chi connectivity index (χ4n) is 17.4. The van der Waals surface area contributed by atoms with Gasteiger partial charge in [0, 0.05) is 172 Å². The van der Waals surface area contributed by atoms with Crippen LogP contribution in [0.1, 0.15) is 101 Å². The molecule has 9 N–H and O–H groups in total. The number of methoxy groups -OCH3 is 1. The number of H-pyrrole nitrogens is 8. The van der Waals surface area contributed by atoms with Gasteiger partial charge in [-0.1, -0.05) is 34.1 Å². The van der Waals surface area contributed by atoms with Gasteiger partial charge in [0.1, 0.15) is 125 Å². The monoisotopic (exact) mass is 2060 g/mol. The molecule has 4 saturated heterocycles. The normalized spacial score (nSPS) is 14.3. The number of pyridine rings is 7. The van der Waals surface area contributed by atoms with Crippen LogP contribution in [0.4, 0.5) is 0 Å². The van der Waals surface area contributed by atoms with E-state index in [1.165, 1.54) is 75.2 Å². The summed E-state index contributed by atoms with van der Waals surface area (Å²) in [4.78, 5) is 93.3. The molecule has 1 aromatic carbocycles. The largest absolute Gasteiger partial charge is 0.493 e. The van der Waals surface area contributed by atoms with Crippen molar-refractivity contribution in [1.29, 1.82) is 5.41 Å². The molecule has 20 heterocycles. The standard InChI is InChI=1S/C24H28N6O5S.C17H17N5O3.C14H19N3O.C14H21N3O.C13H17N3O2.C13H17N3O.C13H19N3O/c1-33-21-14-20-19(24(28-16-27-20)35-18-12-17-4-5-25-23(17)26-15-18)13-22(21)34-11-3-6-29-7-9-30(10-8-29)36(2,31)32;1-3-24-17(23)13-8-20-14(10(13)2)16(22-9-18)25-12-6-11-4-5-19-15(11)21-7-12;1-2-6-17(7-3-1)8-9-18-13-10-12-4-5-15-14(12)16-11-13;1-3-17(4-2)8-5-9-18-13-10-12-6-7-15-14(12)16-11-13;1-2-14-13-11(1)9-12(10-15-13)18-8-5-16-3-6-17-7-4-16;1-2-6-16(5-1)7-8-17-12-9-11-3-4-14-13(11)15-10-12;1-3-16(4-2)7-8-17-12-9-11-5-6-14-13(11)15-10-12/h4-5,12-16H,3,6-11H2,1-2H3,(H,25,26);4-9,18,20H,3H2,1-2H3,(H,19,21);4-5,10-11H,1-3,6-9H2,(H,15,16);6-7,10-11H,3-5,8-9H2,1-2H3,(H,15,16);1-2,9-10H,3-8H2,(H,14,15);3-4,9-10H,1-2,5-8H2,(H,14,15);5-6,9-10H,3-4,7-8H2,1-2H3,(H,14,15). The molecule has 0 aliphatic carbocycles. The quantitative estimate of drug-likeness (QED) is 0.00747. The van der Waals surface area contributed by atoms with Crippen molar-refractivity contribution in [3.05, 3.63) is 213 Å². The first-order valence-corrected chi connectivity index (χ1v) is 53.1. The van der Waals surface area contributed by atoms with Gasteiger partial charge in [-0.3, -0.25) is 20.1 Å². The number of esters is 1. The summed E-state index contributed by atoms with van der Waals surface area (Å²) in [5.41, 5.74) is 8.28. The summed E-state index contributed by atoms with van der Waals surface area (Å²) in [7, 11) is -1.54. The van der Waals surface area contributed by atoms with Gasteiger partial charge in [-0.05, 0) is 201 Å². The molecule has 40 nitrogen and oxygen atoms in total. The molecule has 790 valence electrons. The number of aromatic amines is 8. The number of likely N-dealkylation sites (N-methyl/N-ethyl adjacent to an activating group) is 1. The zero-order valence-corrected chi connectivity index (χ0v) is 87.1. The lowest BCUT2D eigenvalue weighted by molar-refractivity contribution is 0.0322. The maximum atomic E-state index is 12.0. The lowest BCUT2D eigenvalue weighted by Gasteiger charge is -2.33. The molecule has 21 rings (SSSR count). The zero-order valence-electron chi connectivity index (χ0n) is 86.2. The number of rotatable bonds is 39. The van der Waals surface area contributed by atoms with Gasteiger partial charge in [-0.2, -0.15) is 4.31 Å².